The molecule has 0 unspecified atom stereocenters. The van der Waals surface area contributed by atoms with E-state index in [1.807, 2.05) is 0 Å². The molecule has 23 heavy (non-hydrogen) atoms. The number of carbonyl (C=O) groups is 1. The van der Waals surface area contributed by atoms with E-state index in [4.69, 9.17) is 5.11 Å². The second-order valence-electron chi connectivity index (χ2n) is 7.59. The first-order valence-corrected chi connectivity index (χ1v) is 9.01. The number of rotatable bonds is 3. The van der Waals surface area contributed by atoms with Crippen LogP contribution in [0.3, 0.4) is 0 Å². The van der Waals surface area contributed by atoms with Crippen LogP contribution in [0.5, 0.6) is 0 Å². The molecular formula is C19H26N2O2. The Morgan fingerprint density at radius 3 is 2.65 bits per heavy atom. The summed E-state index contributed by atoms with van der Waals surface area (Å²) in [4.78, 5) is 10.7. The van der Waals surface area contributed by atoms with Gasteiger partial charge in [0, 0.05) is 23.5 Å². The Balaban J connectivity index is 1.36. The van der Waals surface area contributed by atoms with Crippen molar-refractivity contribution in [2.24, 2.45) is 0 Å². The van der Waals surface area contributed by atoms with Crippen LogP contribution in [0.15, 0.2) is 24.3 Å². The summed E-state index contributed by atoms with van der Waals surface area (Å²) >= 11 is 0. The number of amides is 1. The molecule has 2 saturated carbocycles. The standard InChI is InChI=1S/C19H26N2O2/c22-18(23)21-15-9-7-14(8-10-15)20-17-12-19(17)11-3-5-13-4-1-2-6-16(13)19/h1-2,4,6,14-15,17,20-21H,3,5,7-12H2,(H,22,23)/t14?,15?,17-,19-/m1/s1. The van der Waals surface area contributed by atoms with E-state index in [2.05, 4.69) is 34.9 Å². The van der Waals surface area contributed by atoms with E-state index >= 15 is 0 Å². The van der Waals surface area contributed by atoms with Gasteiger partial charge < -0.3 is 15.7 Å². The second-order valence-corrected chi connectivity index (χ2v) is 7.59. The summed E-state index contributed by atoms with van der Waals surface area (Å²) in [5.74, 6) is 0. The van der Waals surface area contributed by atoms with Crippen molar-refractivity contribution in [3.8, 4) is 0 Å². The largest absolute Gasteiger partial charge is 0.465 e. The van der Waals surface area contributed by atoms with Crippen molar-refractivity contribution in [1.82, 2.24) is 10.6 Å². The Morgan fingerprint density at radius 2 is 1.87 bits per heavy atom. The predicted octanol–water partition coefficient (Wildman–Crippen LogP) is 3.20. The lowest BCUT2D eigenvalue weighted by Crippen LogP contribution is -2.43. The quantitative estimate of drug-likeness (QED) is 0.803. The Hall–Kier alpha value is -1.55. The minimum absolute atomic E-state index is 0.147. The third-order valence-electron chi connectivity index (χ3n) is 6.19. The molecule has 3 aliphatic rings. The molecule has 124 valence electrons. The highest BCUT2D eigenvalue weighted by atomic mass is 16.4. The molecule has 2 fully saturated rings. The number of hydrogen-bond donors (Lipinski definition) is 3. The van der Waals surface area contributed by atoms with Gasteiger partial charge in [0.25, 0.3) is 0 Å². The molecule has 4 heteroatoms. The van der Waals surface area contributed by atoms with Crippen LogP contribution in [0.2, 0.25) is 0 Å². The lowest BCUT2D eigenvalue weighted by atomic mass is 9.79. The van der Waals surface area contributed by atoms with Gasteiger partial charge in [-0.15, -0.1) is 0 Å². The molecule has 0 bridgehead atoms. The summed E-state index contributed by atoms with van der Waals surface area (Å²) in [6, 6.07) is 10.3. The van der Waals surface area contributed by atoms with Crippen LogP contribution in [-0.2, 0) is 11.8 Å². The summed E-state index contributed by atoms with van der Waals surface area (Å²) in [5, 5.41) is 15.3. The van der Waals surface area contributed by atoms with E-state index in [0.717, 1.165) is 25.7 Å². The zero-order chi connectivity index (χ0) is 15.9. The first-order valence-electron chi connectivity index (χ1n) is 9.01. The fourth-order valence-electron chi connectivity index (χ4n) is 4.91. The Bertz CT molecular complexity index is 595. The van der Waals surface area contributed by atoms with Crippen LogP contribution in [0.25, 0.3) is 0 Å². The first kappa shape index (κ1) is 15.0. The molecule has 0 aliphatic heterocycles. The minimum Gasteiger partial charge on any atom is -0.465 e. The fraction of sp³-hybridized carbons (Fsp3) is 0.632. The summed E-state index contributed by atoms with van der Waals surface area (Å²) in [6.45, 7) is 0. The fourth-order valence-corrected chi connectivity index (χ4v) is 4.91. The zero-order valence-electron chi connectivity index (χ0n) is 13.6. The van der Waals surface area contributed by atoms with Crippen molar-refractivity contribution in [3.05, 3.63) is 35.4 Å². The lowest BCUT2D eigenvalue weighted by Gasteiger charge is -2.31. The molecule has 0 aromatic heterocycles. The second kappa shape index (κ2) is 5.82. The molecule has 2 atom stereocenters. The van der Waals surface area contributed by atoms with E-state index in [1.165, 1.54) is 25.7 Å². The molecule has 3 aliphatic carbocycles. The van der Waals surface area contributed by atoms with Crippen molar-refractivity contribution in [1.29, 1.82) is 0 Å². The summed E-state index contributed by atoms with van der Waals surface area (Å²) in [5.41, 5.74) is 3.53. The zero-order valence-corrected chi connectivity index (χ0v) is 13.6. The molecule has 0 radical (unpaired) electrons. The van der Waals surface area contributed by atoms with Gasteiger partial charge in [0.1, 0.15) is 0 Å². The van der Waals surface area contributed by atoms with Gasteiger partial charge in [-0.2, -0.15) is 0 Å². The SMILES string of the molecule is O=C(O)NC1CCC(N[C@@H]2C[C@@]23CCCc2ccccc23)CC1. The van der Waals surface area contributed by atoms with Gasteiger partial charge in [-0.05, 0) is 62.5 Å². The summed E-state index contributed by atoms with van der Waals surface area (Å²) < 4.78 is 0. The van der Waals surface area contributed by atoms with Crippen LogP contribution in [0.1, 0.15) is 56.1 Å². The number of fused-ring (bicyclic) bond motifs is 2. The van der Waals surface area contributed by atoms with Crippen LogP contribution in [0, 0.1) is 0 Å². The van der Waals surface area contributed by atoms with Crippen molar-refractivity contribution in [2.45, 2.75) is 74.9 Å². The smallest absolute Gasteiger partial charge is 0.404 e. The van der Waals surface area contributed by atoms with Gasteiger partial charge in [-0.1, -0.05) is 24.3 Å². The molecule has 4 rings (SSSR count). The third-order valence-corrected chi connectivity index (χ3v) is 6.19. The van der Waals surface area contributed by atoms with E-state index in [0.29, 0.717) is 17.5 Å². The maximum Gasteiger partial charge on any atom is 0.404 e. The monoisotopic (exact) mass is 314 g/mol. The summed E-state index contributed by atoms with van der Waals surface area (Å²) in [7, 11) is 0. The Morgan fingerprint density at radius 1 is 1.13 bits per heavy atom. The van der Waals surface area contributed by atoms with Crippen LogP contribution >= 0.6 is 0 Å². The van der Waals surface area contributed by atoms with Crippen LogP contribution < -0.4 is 10.6 Å². The van der Waals surface area contributed by atoms with E-state index in [9.17, 15) is 4.79 Å². The predicted molar refractivity (Wildman–Crippen MR) is 89.8 cm³/mol. The summed E-state index contributed by atoms with van der Waals surface area (Å²) in [6.07, 6.45) is 8.33. The highest BCUT2D eigenvalue weighted by molar-refractivity contribution is 5.64. The highest BCUT2D eigenvalue weighted by Crippen LogP contribution is 2.55. The van der Waals surface area contributed by atoms with Gasteiger partial charge in [0.2, 0.25) is 0 Å². The molecule has 1 amide bonds. The molecule has 1 aromatic carbocycles. The topological polar surface area (TPSA) is 61.4 Å². The molecule has 0 heterocycles. The molecule has 1 aromatic rings. The van der Waals surface area contributed by atoms with Crippen LogP contribution in [0.4, 0.5) is 4.79 Å². The third kappa shape index (κ3) is 2.85. The van der Waals surface area contributed by atoms with Crippen molar-refractivity contribution in [2.75, 3.05) is 0 Å². The number of hydrogen-bond acceptors (Lipinski definition) is 2. The van der Waals surface area contributed by atoms with Gasteiger partial charge in [-0.25, -0.2) is 4.79 Å². The molecule has 1 spiro atoms. The molecule has 4 nitrogen and oxygen atoms in total. The highest BCUT2D eigenvalue weighted by Gasteiger charge is 2.56. The minimum atomic E-state index is -0.888. The van der Waals surface area contributed by atoms with Gasteiger partial charge in [-0.3, -0.25) is 0 Å². The van der Waals surface area contributed by atoms with E-state index in [1.54, 1.807) is 11.1 Å². The number of nitrogens with one attached hydrogen (secondary N) is 2. The average Bonchev–Trinajstić information content (AvgIpc) is 3.22. The van der Waals surface area contributed by atoms with Crippen molar-refractivity contribution < 1.29 is 9.90 Å². The van der Waals surface area contributed by atoms with Crippen LogP contribution in [-0.4, -0.2) is 29.3 Å². The average molecular weight is 314 g/mol. The van der Waals surface area contributed by atoms with Crippen molar-refractivity contribution >= 4 is 6.09 Å². The molecule has 3 N–H and O–H groups in total. The lowest BCUT2D eigenvalue weighted by molar-refractivity contribution is 0.183. The van der Waals surface area contributed by atoms with Gasteiger partial charge >= 0.3 is 6.09 Å². The number of aryl methyl sites for hydroxylation is 1. The first-order chi connectivity index (χ1) is 11.2. The molecule has 0 saturated heterocycles. The van der Waals surface area contributed by atoms with Crippen molar-refractivity contribution in [3.63, 3.8) is 0 Å². The number of carboxylic acid groups (broad SMARTS) is 1. The molecular weight excluding hydrogens is 288 g/mol. The van der Waals surface area contributed by atoms with Gasteiger partial charge in [0.05, 0.1) is 0 Å². The maximum atomic E-state index is 10.7. The van der Waals surface area contributed by atoms with Gasteiger partial charge in [0.15, 0.2) is 0 Å². The Kier molecular flexibility index (Phi) is 3.80. The van der Waals surface area contributed by atoms with E-state index in [-0.39, 0.29) is 6.04 Å². The normalized spacial score (nSPS) is 35.6. The Labute approximate surface area is 137 Å². The number of benzene rings is 1. The van der Waals surface area contributed by atoms with E-state index < -0.39 is 6.09 Å². The maximum absolute atomic E-state index is 10.7.